The van der Waals surface area contributed by atoms with Gasteiger partial charge in [-0.3, -0.25) is 14.7 Å². The Morgan fingerprint density at radius 3 is 2.52 bits per heavy atom. The van der Waals surface area contributed by atoms with Gasteiger partial charge in [-0.1, -0.05) is 24.3 Å². The van der Waals surface area contributed by atoms with Crippen LogP contribution in [0, 0.1) is 0 Å². The van der Waals surface area contributed by atoms with E-state index in [1.54, 1.807) is 6.20 Å². The molecule has 3 aromatic rings. The van der Waals surface area contributed by atoms with Crippen LogP contribution in [0.3, 0.4) is 0 Å². The average Bonchev–Trinajstić information content (AvgIpc) is 2.76. The third-order valence-corrected chi connectivity index (χ3v) is 5.85. The fourth-order valence-corrected chi connectivity index (χ4v) is 4.18. The summed E-state index contributed by atoms with van der Waals surface area (Å²) in [6, 6.07) is 15.3. The first-order valence-electron chi connectivity index (χ1n) is 10.8. The lowest BCUT2D eigenvalue weighted by molar-refractivity contribution is -0.0948. The Bertz CT molecular complexity index is 1060. The maximum atomic E-state index is 13.3. The van der Waals surface area contributed by atoms with Gasteiger partial charge in [0.2, 0.25) is 0 Å². The highest BCUT2D eigenvalue weighted by molar-refractivity contribution is 6.07. The van der Waals surface area contributed by atoms with Gasteiger partial charge in [-0.05, 0) is 52.0 Å². The smallest absolute Gasteiger partial charge is 0.252 e. The highest BCUT2D eigenvalue weighted by Gasteiger charge is 2.33. The third-order valence-electron chi connectivity index (χ3n) is 5.85. The molecule has 0 radical (unpaired) electrons. The zero-order chi connectivity index (χ0) is 22.0. The lowest BCUT2D eigenvalue weighted by Gasteiger charge is -2.45. The summed E-state index contributed by atoms with van der Waals surface area (Å²) in [6.45, 7) is 10.8. The third kappa shape index (κ3) is 4.75. The molecule has 1 N–H and O–H groups in total. The second-order valence-corrected chi connectivity index (χ2v) is 8.94. The topological polar surface area (TPSA) is 67.4 Å². The van der Waals surface area contributed by atoms with E-state index in [-0.39, 0.29) is 23.7 Å². The second-order valence-electron chi connectivity index (χ2n) is 8.94. The van der Waals surface area contributed by atoms with Crippen molar-refractivity contribution in [1.82, 2.24) is 20.2 Å². The Morgan fingerprint density at radius 2 is 1.81 bits per heavy atom. The highest BCUT2D eigenvalue weighted by atomic mass is 16.5. The summed E-state index contributed by atoms with van der Waals surface area (Å²) in [6.07, 6.45) is 2.10. The van der Waals surface area contributed by atoms with Crippen molar-refractivity contribution in [1.29, 1.82) is 0 Å². The Hall–Kier alpha value is -2.83. The van der Waals surface area contributed by atoms with Crippen LogP contribution in [-0.2, 0) is 4.74 Å². The SMILES string of the molecule is C[C@H]1CN(C(C)(C)CNC(=O)c2cc(-c3ccccn3)nc3ccccc23)C[C@H](C)O1. The largest absolute Gasteiger partial charge is 0.373 e. The standard InChI is InChI=1S/C25H30N4O2/c1-17-14-29(15-18(2)31-17)25(3,4)16-27-24(30)20-13-23(22-11-7-8-12-26-22)28-21-10-6-5-9-19(20)21/h5-13,17-18H,14-16H2,1-4H3,(H,27,30)/t17-,18-/m0/s1. The minimum atomic E-state index is -0.186. The summed E-state index contributed by atoms with van der Waals surface area (Å²) in [5.74, 6) is -0.0989. The molecule has 2 atom stereocenters. The van der Waals surface area contributed by atoms with E-state index in [0.717, 1.165) is 29.7 Å². The van der Waals surface area contributed by atoms with Crippen LogP contribution in [0.5, 0.6) is 0 Å². The maximum Gasteiger partial charge on any atom is 0.252 e. The van der Waals surface area contributed by atoms with Crippen molar-refractivity contribution < 1.29 is 9.53 Å². The number of morpholine rings is 1. The van der Waals surface area contributed by atoms with Gasteiger partial charge in [-0.2, -0.15) is 0 Å². The first kappa shape index (κ1) is 21.4. The Kier molecular flexibility index (Phi) is 6.03. The van der Waals surface area contributed by atoms with Crippen LogP contribution in [0.2, 0.25) is 0 Å². The number of nitrogens with zero attached hydrogens (tertiary/aromatic N) is 3. The molecule has 1 saturated heterocycles. The fourth-order valence-electron chi connectivity index (χ4n) is 4.18. The van der Waals surface area contributed by atoms with Gasteiger partial charge in [0.1, 0.15) is 0 Å². The number of benzene rings is 1. The molecular weight excluding hydrogens is 388 g/mol. The quantitative estimate of drug-likeness (QED) is 0.680. The Balaban J connectivity index is 1.59. The molecule has 162 valence electrons. The van der Waals surface area contributed by atoms with Crippen LogP contribution in [0.1, 0.15) is 38.1 Å². The summed E-state index contributed by atoms with van der Waals surface area (Å²) in [7, 11) is 0. The molecule has 0 aliphatic carbocycles. The molecule has 1 aromatic carbocycles. The van der Waals surface area contributed by atoms with E-state index >= 15 is 0 Å². The van der Waals surface area contributed by atoms with E-state index in [1.807, 2.05) is 48.5 Å². The molecular formula is C25H30N4O2. The minimum Gasteiger partial charge on any atom is -0.373 e. The Morgan fingerprint density at radius 1 is 1.10 bits per heavy atom. The monoisotopic (exact) mass is 418 g/mol. The number of pyridine rings is 2. The molecule has 2 aromatic heterocycles. The van der Waals surface area contributed by atoms with Gasteiger partial charge in [0.05, 0.1) is 34.7 Å². The number of amides is 1. The van der Waals surface area contributed by atoms with E-state index in [9.17, 15) is 4.79 Å². The van der Waals surface area contributed by atoms with Crippen molar-refractivity contribution in [3.8, 4) is 11.4 Å². The van der Waals surface area contributed by atoms with E-state index in [0.29, 0.717) is 17.8 Å². The first-order valence-corrected chi connectivity index (χ1v) is 10.8. The normalized spacial score (nSPS) is 20.0. The van der Waals surface area contributed by atoms with Crippen LogP contribution in [0.15, 0.2) is 54.7 Å². The lowest BCUT2D eigenvalue weighted by Crippen LogP contribution is -2.58. The summed E-state index contributed by atoms with van der Waals surface area (Å²) < 4.78 is 5.87. The summed E-state index contributed by atoms with van der Waals surface area (Å²) >= 11 is 0. The number of nitrogens with one attached hydrogen (secondary N) is 1. The second kappa shape index (κ2) is 8.73. The van der Waals surface area contributed by atoms with Gasteiger partial charge >= 0.3 is 0 Å². The molecule has 6 nitrogen and oxygen atoms in total. The van der Waals surface area contributed by atoms with Crippen LogP contribution < -0.4 is 5.32 Å². The molecule has 1 fully saturated rings. The highest BCUT2D eigenvalue weighted by Crippen LogP contribution is 2.25. The summed E-state index contributed by atoms with van der Waals surface area (Å²) in [5.41, 5.74) is 2.66. The van der Waals surface area contributed by atoms with Gasteiger partial charge in [-0.25, -0.2) is 4.98 Å². The zero-order valence-electron chi connectivity index (χ0n) is 18.6. The molecule has 1 aliphatic heterocycles. The molecule has 1 aliphatic rings. The molecule has 0 spiro atoms. The van der Waals surface area contributed by atoms with Crippen LogP contribution in [0.4, 0.5) is 0 Å². The molecule has 1 amide bonds. The predicted molar refractivity (Wildman–Crippen MR) is 123 cm³/mol. The molecule has 6 heteroatoms. The minimum absolute atomic E-state index is 0.0989. The van der Waals surface area contributed by atoms with Crippen molar-refractivity contribution in [3.05, 3.63) is 60.3 Å². The summed E-state index contributed by atoms with van der Waals surface area (Å²) in [5, 5.41) is 4.01. The van der Waals surface area contributed by atoms with Crippen LogP contribution in [-0.4, -0.2) is 58.2 Å². The predicted octanol–water partition coefficient (Wildman–Crippen LogP) is 3.91. The van der Waals surface area contributed by atoms with Crippen molar-refractivity contribution in [2.75, 3.05) is 19.6 Å². The lowest BCUT2D eigenvalue weighted by atomic mass is 9.99. The van der Waals surface area contributed by atoms with Crippen molar-refractivity contribution in [2.24, 2.45) is 0 Å². The number of aromatic nitrogens is 2. The molecule has 0 saturated carbocycles. The van der Waals surface area contributed by atoms with Crippen LogP contribution in [0.25, 0.3) is 22.3 Å². The van der Waals surface area contributed by atoms with E-state index < -0.39 is 0 Å². The first-order chi connectivity index (χ1) is 14.8. The summed E-state index contributed by atoms with van der Waals surface area (Å²) in [4.78, 5) is 24.8. The fraction of sp³-hybridized carbons (Fsp3) is 0.400. The number of rotatable bonds is 5. The number of ether oxygens (including phenoxy) is 1. The molecule has 4 rings (SSSR count). The van der Waals surface area contributed by atoms with Crippen molar-refractivity contribution >= 4 is 16.8 Å². The molecule has 31 heavy (non-hydrogen) atoms. The van der Waals surface area contributed by atoms with Crippen LogP contribution >= 0.6 is 0 Å². The van der Waals surface area contributed by atoms with Crippen molar-refractivity contribution in [2.45, 2.75) is 45.4 Å². The zero-order valence-corrected chi connectivity index (χ0v) is 18.6. The van der Waals surface area contributed by atoms with Gasteiger partial charge in [0, 0.05) is 36.8 Å². The average molecular weight is 419 g/mol. The van der Waals surface area contributed by atoms with Gasteiger partial charge < -0.3 is 10.1 Å². The van der Waals surface area contributed by atoms with Gasteiger partial charge in [0.15, 0.2) is 0 Å². The van der Waals surface area contributed by atoms with Gasteiger partial charge in [0.25, 0.3) is 5.91 Å². The van der Waals surface area contributed by atoms with E-state index in [1.165, 1.54) is 0 Å². The maximum absolute atomic E-state index is 13.3. The Labute approximate surface area is 183 Å². The number of fused-ring (bicyclic) bond motifs is 1. The molecule has 0 bridgehead atoms. The number of carbonyl (C=O) groups is 1. The number of hydrogen-bond acceptors (Lipinski definition) is 5. The van der Waals surface area contributed by atoms with Gasteiger partial charge in [-0.15, -0.1) is 0 Å². The van der Waals surface area contributed by atoms with E-state index in [4.69, 9.17) is 9.72 Å². The molecule has 3 heterocycles. The number of carbonyl (C=O) groups excluding carboxylic acids is 1. The van der Waals surface area contributed by atoms with Crippen molar-refractivity contribution in [3.63, 3.8) is 0 Å². The molecule has 0 unspecified atom stereocenters. The number of hydrogen-bond donors (Lipinski definition) is 1. The number of para-hydroxylation sites is 1. The van der Waals surface area contributed by atoms with E-state index in [2.05, 4.69) is 42.9 Å².